The van der Waals surface area contributed by atoms with Gasteiger partial charge in [-0.05, 0) is 6.42 Å². The van der Waals surface area contributed by atoms with Crippen LogP contribution in [0.1, 0.15) is 26.2 Å². The van der Waals surface area contributed by atoms with Crippen molar-refractivity contribution in [2.75, 3.05) is 5.33 Å². The second-order valence-electron chi connectivity index (χ2n) is 2.25. The van der Waals surface area contributed by atoms with E-state index >= 15 is 0 Å². The average molecular weight is 226 g/mol. The van der Waals surface area contributed by atoms with Crippen LogP contribution in [0.3, 0.4) is 0 Å². The van der Waals surface area contributed by atoms with Crippen LogP contribution in [0, 0.1) is 10.1 Å². The maximum Gasteiger partial charge on any atom is 0.294 e. The summed E-state index contributed by atoms with van der Waals surface area (Å²) in [6, 6.07) is 0. The van der Waals surface area contributed by atoms with Crippen molar-refractivity contribution in [1.82, 2.24) is 0 Å². The van der Waals surface area contributed by atoms with Gasteiger partial charge >= 0.3 is 0 Å². The average Bonchev–Trinajstić information content (AvgIpc) is 1.97. The largest absolute Gasteiger partial charge is 0.310 e. The zero-order valence-electron chi connectivity index (χ0n) is 6.46. The molecule has 0 saturated carbocycles. The Morgan fingerprint density at radius 3 is 2.73 bits per heavy atom. The van der Waals surface area contributed by atoms with Crippen molar-refractivity contribution in [3.63, 3.8) is 0 Å². The highest BCUT2D eigenvalue weighted by atomic mass is 79.9. The van der Waals surface area contributed by atoms with Crippen LogP contribution >= 0.6 is 15.9 Å². The van der Waals surface area contributed by atoms with E-state index in [9.17, 15) is 10.1 Å². The van der Waals surface area contributed by atoms with Crippen LogP contribution in [0.25, 0.3) is 0 Å². The number of unbranched alkanes of at least 4 members (excludes halogenated alkanes) is 1. The third-order valence-electron chi connectivity index (χ3n) is 1.29. The molecule has 0 fully saturated rings. The quantitative estimate of drug-likeness (QED) is 0.396. The van der Waals surface area contributed by atoms with E-state index in [-0.39, 0.29) is 6.10 Å². The summed E-state index contributed by atoms with van der Waals surface area (Å²) in [7, 11) is 0. The molecule has 1 unspecified atom stereocenters. The van der Waals surface area contributed by atoms with Gasteiger partial charge in [-0.25, -0.2) is 0 Å². The van der Waals surface area contributed by atoms with Gasteiger partial charge in [-0.15, -0.1) is 10.1 Å². The molecule has 4 nitrogen and oxygen atoms in total. The summed E-state index contributed by atoms with van der Waals surface area (Å²) >= 11 is 3.15. The van der Waals surface area contributed by atoms with Gasteiger partial charge in [0.2, 0.25) is 0 Å². The first-order chi connectivity index (χ1) is 5.20. The highest BCUT2D eigenvalue weighted by Gasteiger charge is 2.09. The Morgan fingerprint density at radius 1 is 1.73 bits per heavy atom. The Kier molecular flexibility index (Phi) is 6.21. The first kappa shape index (κ1) is 10.7. The molecule has 0 heterocycles. The van der Waals surface area contributed by atoms with Crippen molar-refractivity contribution in [2.24, 2.45) is 0 Å². The van der Waals surface area contributed by atoms with E-state index in [2.05, 4.69) is 20.8 Å². The van der Waals surface area contributed by atoms with E-state index in [1.807, 2.05) is 6.92 Å². The Bertz CT molecular complexity index is 120. The zero-order chi connectivity index (χ0) is 8.69. The van der Waals surface area contributed by atoms with Gasteiger partial charge in [0, 0.05) is 5.33 Å². The molecular weight excluding hydrogens is 214 g/mol. The van der Waals surface area contributed by atoms with Gasteiger partial charge < -0.3 is 4.84 Å². The number of hydrogen-bond donors (Lipinski definition) is 0. The number of halogens is 1. The molecule has 5 heteroatoms. The van der Waals surface area contributed by atoms with Crippen molar-refractivity contribution in [1.29, 1.82) is 0 Å². The third-order valence-corrected chi connectivity index (χ3v) is 2.01. The van der Waals surface area contributed by atoms with Crippen LogP contribution < -0.4 is 0 Å². The summed E-state index contributed by atoms with van der Waals surface area (Å²) in [5.74, 6) is 0. The lowest BCUT2D eigenvalue weighted by Crippen LogP contribution is -2.18. The van der Waals surface area contributed by atoms with E-state index in [1.165, 1.54) is 0 Å². The van der Waals surface area contributed by atoms with Gasteiger partial charge in [-0.1, -0.05) is 35.7 Å². The molecule has 0 aromatic carbocycles. The summed E-state index contributed by atoms with van der Waals surface area (Å²) in [6.45, 7) is 2.04. The predicted molar refractivity (Wildman–Crippen MR) is 45.2 cm³/mol. The monoisotopic (exact) mass is 225 g/mol. The van der Waals surface area contributed by atoms with Gasteiger partial charge in [0.15, 0.2) is 0 Å². The highest BCUT2D eigenvalue weighted by Crippen LogP contribution is 2.07. The minimum atomic E-state index is -0.735. The van der Waals surface area contributed by atoms with Gasteiger partial charge in [0.25, 0.3) is 5.09 Å². The lowest BCUT2D eigenvalue weighted by atomic mass is 10.2. The van der Waals surface area contributed by atoms with Crippen molar-refractivity contribution in [2.45, 2.75) is 32.3 Å². The molecule has 0 saturated heterocycles. The smallest absolute Gasteiger partial charge is 0.294 e. The lowest BCUT2D eigenvalue weighted by molar-refractivity contribution is -0.767. The highest BCUT2D eigenvalue weighted by molar-refractivity contribution is 9.09. The number of alkyl halides is 1. The molecule has 1 atom stereocenters. The van der Waals surface area contributed by atoms with E-state index in [1.54, 1.807) is 0 Å². The molecule has 0 aromatic rings. The van der Waals surface area contributed by atoms with Crippen molar-refractivity contribution < 1.29 is 9.92 Å². The van der Waals surface area contributed by atoms with E-state index in [4.69, 9.17) is 0 Å². The molecule has 0 spiro atoms. The molecule has 0 aromatic heterocycles. The molecule has 0 aliphatic carbocycles. The van der Waals surface area contributed by atoms with E-state index < -0.39 is 5.09 Å². The number of hydrogen-bond acceptors (Lipinski definition) is 3. The fourth-order valence-corrected chi connectivity index (χ4v) is 1.15. The Balaban J connectivity index is 3.49. The number of rotatable bonds is 6. The standard InChI is InChI=1S/C6H12BrNO3/c1-2-3-4-6(5-7)11-8(9)10/h6H,2-5H2,1H3. The van der Waals surface area contributed by atoms with Crippen LogP contribution in [0.15, 0.2) is 0 Å². The van der Waals surface area contributed by atoms with Gasteiger partial charge in [-0.3, -0.25) is 0 Å². The summed E-state index contributed by atoms with van der Waals surface area (Å²) in [5.41, 5.74) is 0. The summed E-state index contributed by atoms with van der Waals surface area (Å²) in [4.78, 5) is 14.3. The van der Waals surface area contributed by atoms with Crippen LogP contribution in [0.5, 0.6) is 0 Å². The molecule has 0 rings (SSSR count). The summed E-state index contributed by atoms with van der Waals surface area (Å²) in [5, 5.41) is 9.68. The third kappa shape index (κ3) is 6.09. The first-order valence-corrected chi connectivity index (χ1v) is 4.70. The minimum Gasteiger partial charge on any atom is -0.310 e. The molecule has 66 valence electrons. The zero-order valence-corrected chi connectivity index (χ0v) is 8.04. The Hall–Kier alpha value is -0.320. The van der Waals surface area contributed by atoms with Crippen LogP contribution in [-0.2, 0) is 4.84 Å². The maximum atomic E-state index is 9.89. The topological polar surface area (TPSA) is 52.4 Å². The number of nitrogens with zero attached hydrogens (tertiary/aromatic N) is 1. The predicted octanol–water partition coefficient (Wildman–Crippen LogP) is 2.15. The molecule has 0 aliphatic heterocycles. The van der Waals surface area contributed by atoms with Crippen LogP contribution in [-0.4, -0.2) is 16.5 Å². The second kappa shape index (κ2) is 6.39. The van der Waals surface area contributed by atoms with E-state index in [0.717, 1.165) is 19.3 Å². The maximum absolute atomic E-state index is 9.89. The minimum absolute atomic E-state index is 0.287. The first-order valence-electron chi connectivity index (χ1n) is 3.57. The fourth-order valence-electron chi connectivity index (χ4n) is 0.712. The molecule has 11 heavy (non-hydrogen) atoms. The normalized spacial score (nSPS) is 12.5. The van der Waals surface area contributed by atoms with Crippen LogP contribution in [0.4, 0.5) is 0 Å². The van der Waals surface area contributed by atoms with Crippen molar-refractivity contribution in [3.8, 4) is 0 Å². The fraction of sp³-hybridized carbons (Fsp3) is 1.00. The molecular formula is C6H12BrNO3. The Labute approximate surface area is 74.2 Å². The molecule has 0 amide bonds. The summed E-state index contributed by atoms with van der Waals surface area (Å²) < 4.78 is 0. The van der Waals surface area contributed by atoms with Crippen LogP contribution in [0.2, 0.25) is 0 Å². The molecule has 0 N–H and O–H groups in total. The van der Waals surface area contributed by atoms with E-state index in [0.29, 0.717) is 5.33 Å². The molecule has 0 radical (unpaired) electrons. The molecule has 0 bridgehead atoms. The Morgan fingerprint density at radius 2 is 2.36 bits per heavy atom. The van der Waals surface area contributed by atoms with Gasteiger partial charge in [0.05, 0.1) is 0 Å². The molecule has 0 aliphatic rings. The summed E-state index contributed by atoms with van der Waals surface area (Å²) in [6.07, 6.45) is 2.45. The lowest BCUT2D eigenvalue weighted by Gasteiger charge is -2.09. The van der Waals surface area contributed by atoms with Gasteiger partial charge in [0.1, 0.15) is 6.10 Å². The SMILES string of the molecule is CCCCC(CBr)O[N+](=O)[O-]. The van der Waals surface area contributed by atoms with Crippen molar-refractivity contribution in [3.05, 3.63) is 10.1 Å². The second-order valence-corrected chi connectivity index (χ2v) is 2.90. The van der Waals surface area contributed by atoms with Crippen molar-refractivity contribution >= 4 is 15.9 Å². The van der Waals surface area contributed by atoms with Gasteiger partial charge in [-0.2, -0.15) is 0 Å².